The summed E-state index contributed by atoms with van der Waals surface area (Å²) in [7, 11) is 3.28. The third-order valence-electron chi connectivity index (χ3n) is 4.89. The van der Waals surface area contributed by atoms with Gasteiger partial charge in [-0.25, -0.2) is 9.97 Å². The number of hydrogen-bond donors (Lipinski definition) is 0. The van der Waals surface area contributed by atoms with Crippen molar-refractivity contribution >= 4 is 21.8 Å². The van der Waals surface area contributed by atoms with Gasteiger partial charge in [0.05, 0.1) is 25.0 Å². The molecule has 0 radical (unpaired) electrons. The summed E-state index contributed by atoms with van der Waals surface area (Å²) >= 11 is 3.48. The molecule has 27 heavy (non-hydrogen) atoms. The smallest absolute Gasteiger partial charge is 0.255 e. The van der Waals surface area contributed by atoms with E-state index < -0.39 is 0 Å². The van der Waals surface area contributed by atoms with E-state index in [1.54, 1.807) is 20.3 Å². The molecule has 2 aromatic rings. The van der Waals surface area contributed by atoms with E-state index in [1.807, 2.05) is 30.2 Å². The topological polar surface area (TPSA) is 64.6 Å². The molecule has 1 amide bonds. The molecule has 2 heterocycles. The fourth-order valence-electron chi connectivity index (χ4n) is 3.45. The van der Waals surface area contributed by atoms with Crippen molar-refractivity contribution in [2.75, 3.05) is 27.3 Å². The first-order chi connectivity index (χ1) is 13.0. The molecule has 0 spiro atoms. The van der Waals surface area contributed by atoms with Crippen LogP contribution in [-0.2, 0) is 11.3 Å². The van der Waals surface area contributed by atoms with Gasteiger partial charge in [0.1, 0.15) is 11.6 Å². The number of carbonyl (C=O) groups excluding carboxylic acids is 1. The highest BCUT2D eigenvalue weighted by Crippen LogP contribution is 2.31. The predicted octanol–water partition coefficient (Wildman–Crippen LogP) is 3.72. The zero-order valence-electron chi connectivity index (χ0n) is 15.9. The zero-order valence-corrected chi connectivity index (χ0v) is 17.5. The monoisotopic (exact) mass is 433 g/mol. The van der Waals surface area contributed by atoms with Crippen LogP contribution in [0.1, 0.15) is 46.2 Å². The minimum atomic E-state index is 0.0233. The van der Waals surface area contributed by atoms with Crippen molar-refractivity contribution in [3.8, 4) is 5.75 Å². The first kappa shape index (κ1) is 19.8. The number of likely N-dealkylation sites (tertiary alicyclic amines) is 1. The third-order valence-corrected chi connectivity index (χ3v) is 5.58. The lowest BCUT2D eigenvalue weighted by molar-refractivity contribution is 0.0710. The van der Waals surface area contributed by atoms with Crippen LogP contribution in [0.2, 0.25) is 0 Å². The number of ether oxygens (including phenoxy) is 2. The summed E-state index contributed by atoms with van der Waals surface area (Å²) in [5.74, 6) is 1.78. The molecule has 144 valence electrons. The summed E-state index contributed by atoms with van der Waals surface area (Å²) in [5, 5.41) is 0. The van der Waals surface area contributed by atoms with Crippen molar-refractivity contribution in [1.82, 2.24) is 14.9 Å². The molecule has 1 aromatic carbocycles. The molecule has 0 bridgehead atoms. The van der Waals surface area contributed by atoms with Crippen molar-refractivity contribution in [3.05, 3.63) is 51.5 Å². The zero-order chi connectivity index (χ0) is 19.4. The van der Waals surface area contributed by atoms with Gasteiger partial charge in [-0.3, -0.25) is 4.79 Å². The maximum absolute atomic E-state index is 13.0. The Bertz CT molecular complexity index is 820. The lowest BCUT2D eigenvalue weighted by Gasteiger charge is -2.32. The molecular weight excluding hydrogens is 410 g/mol. The maximum atomic E-state index is 13.0. The molecule has 0 N–H and O–H groups in total. The second kappa shape index (κ2) is 8.80. The van der Waals surface area contributed by atoms with E-state index in [1.165, 1.54) is 0 Å². The summed E-state index contributed by atoms with van der Waals surface area (Å²) in [6.45, 7) is 3.80. The number of hydrogen-bond acceptors (Lipinski definition) is 5. The number of aromatic nitrogens is 2. The Labute approximate surface area is 168 Å². The SMILES string of the molecule is COCc1cnc(C)nc1C1CCN(C(=O)c2cc(OC)ccc2Br)CC1. The Morgan fingerprint density at radius 1 is 1.30 bits per heavy atom. The summed E-state index contributed by atoms with van der Waals surface area (Å²) < 4.78 is 11.3. The van der Waals surface area contributed by atoms with Crippen molar-refractivity contribution in [2.24, 2.45) is 0 Å². The molecule has 1 aromatic heterocycles. The summed E-state index contributed by atoms with van der Waals surface area (Å²) in [6.07, 6.45) is 3.60. The summed E-state index contributed by atoms with van der Waals surface area (Å²) in [5.41, 5.74) is 2.72. The van der Waals surface area contributed by atoms with Crippen LogP contribution in [0.25, 0.3) is 0 Å². The van der Waals surface area contributed by atoms with Gasteiger partial charge in [0.2, 0.25) is 0 Å². The number of carbonyl (C=O) groups is 1. The van der Waals surface area contributed by atoms with Crippen molar-refractivity contribution in [2.45, 2.75) is 32.3 Å². The van der Waals surface area contributed by atoms with Crippen molar-refractivity contribution in [3.63, 3.8) is 0 Å². The number of benzene rings is 1. The lowest BCUT2D eigenvalue weighted by Crippen LogP contribution is -2.38. The van der Waals surface area contributed by atoms with E-state index in [-0.39, 0.29) is 5.91 Å². The average molecular weight is 434 g/mol. The van der Waals surface area contributed by atoms with Crippen LogP contribution in [0.3, 0.4) is 0 Å². The molecule has 1 aliphatic rings. The number of halogens is 1. The van der Waals surface area contributed by atoms with E-state index in [4.69, 9.17) is 9.47 Å². The molecule has 0 aliphatic carbocycles. The molecule has 1 aliphatic heterocycles. The molecule has 1 saturated heterocycles. The predicted molar refractivity (Wildman–Crippen MR) is 106 cm³/mol. The number of aryl methyl sites for hydroxylation is 1. The van der Waals surface area contributed by atoms with E-state index in [9.17, 15) is 4.79 Å². The van der Waals surface area contributed by atoms with E-state index in [0.29, 0.717) is 36.9 Å². The fraction of sp³-hybridized carbons (Fsp3) is 0.450. The third kappa shape index (κ3) is 4.47. The van der Waals surface area contributed by atoms with Crippen LogP contribution in [0.15, 0.2) is 28.9 Å². The molecule has 3 rings (SSSR count). The minimum Gasteiger partial charge on any atom is -0.497 e. The van der Waals surface area contributed by atoms with Gasteiger partial charge in [0, 0.05) is 42.4 Å². The highest BCUT2D eigenvalue weighted by Gasteiger charge is 2.28. The van der Waals surface area contributed by atoms with Gasteiger partial charge in [-0.2, -0.15) is 0 Å². The van der Waals surface area contributed by atoms with E-state index in [2.05, 4.69) is 25.9 Å². The standard InChI is InChI=1S/C20H24BrN3O3/c1-13-22-11-15(12-26-2)19(23-13)14-6-8-24(9-7-14)20(25)17-10-16(27-3)4-5-18(17)21/h4-5,10-11,14H,6-9,12H2,1-3H3. The Hall–Kier alpha value is -1.99. The quantitative estimate of drug-likeness (QED) is 0.718. The fourth-order valence-corrected chi connectivity index (χ4v) is 3.87. The van der Waals surface area contributed by atoms with Gasteiger partial charge in [0.15, 0.2) is 0 Å². The van der Waals surface area contributed by atoms with Crippen LogP contribution in [0.4, 0.5) is 0 Å². The molecule has 0 atom stereocenters. The Balaban J connectivity index is 1.72. The summed E-state index contributed by atoms with van der Waals surface area (Å²) in [4.78, 5) is 23.8. The number of piperidine rings is 1. The minimum absolute atomic E-state index is 0.0233. The number of methoxy groups -OCH3 is 2. The van der Waals surface area contributed by atoms with Crippen LogP contribution in [0.5, 0.6) is 5.75 Å². The first-order valence-corrected chi connectivity index (χ1v) is 9.77. The van der Waals surface area contributed by atoms with Crippen molar-refractivity contribution < 1.29 is 14.3 Å². The molecule has 0 unspecified atom stereocenters. The van der Waals surface area contributed by atoms with Gasteiger partial charge >= 0.3 is 0 Å². The molecule has 1 fully saturated rings. The van der Waals surface area contributed by atoms with Gasteiger partial charge < -0.3 is 14.4 Å². The van der Waals surface area contributed by atoms with E-state index >= 15 is 0 Å². The van der Waals surface area contributed by atoms with Gasteiger partial charge in [-0.15, -0.1) is 0 Å². The maximum Gasteiger partial charge on any atom is 0.255 e. The molecule has 6 nitrogen and oxygen atoms in total. The Morgan fingerprint density at radius 2 is 2.04 bits per heavy atom. The molecule has 7 heteroatoms. The van der Waals surface area contributed by atoms with Crippen LogP contribution < -0.4 is 4.74 Å². The lowest BCUT2D eigenvalue weighted by atomic mass is 9.90. The summed E-state index contributed by atoms with van der Waals surface area (Å²) in [6, 6.07) is 5.46. The van der Waals surface area contributed by atoms with Crippen molar-refractivity contribution in [1.29, 1.82) is 0 Å². The highest BCUT2D eigenvalue weighted by atomic mass is 79.9. The second-order valence-corrected chi connectivity index (χ2v) is 7.53. The van der Waals surface area contributed by atoms with Crippen LogP contribution in [-0.4, -0.2) is 48.1 Å². The largest absolute Gasteiger partial charge is 0.497 e. The Morgan fingerprint density at radius 3 is 2.70 bits per heavy atom. The average Bonchev–Trinajstić information content (AvgIpc) is 2.69. The Kier molecular flexibility index (Phi) is 6.44. The molecule has 0 saturated carbocycles. The van der Waals surface area contributed by atoms with Gasteiger partial charge in [-0.05, 0) is 53.9 Å². The van der Waals surface area contributed by atoms with E-state index in [0.717, 1.165) is 34.4 Å². The molecular formula is C20H24BrN3O3. The first-order valence-electron chi connectivity index (χ1n) is 8.97. The number of nitrogens with zero attached hydrogens (tertiary/aromatic N) is 3. The normalized spacial score (nSPS) is 15.0. The second-order valence-electron chi connectivity index (χ2n) is 6.67. The van der Waals surface area contributed by atoms with Gasteiger partial charge in [0.25, 0.3) is 5.91 Å². The van der Waals surface area contributed by atoms with Crippen LogP contribution in [0, 0.1) is 6.92 Å². The number of amides is 1. The van der Waals surface area contributed by atoms with Gasteiger partial charge in [-0.1, -0.05) is 0 Å². The highest BCUT2D eigenvalue weighted by molar-refractivity contribution is 9.10. The van der Waals surface area contributed by atoms with Crippen LogP contribution >= 0.6 is 15.9 Å². The number of rotatable bonds is 5.